The molecule has 1 aliphatic rings. The number of anilines is 1. The Bertz CT molecular complexity index is 1010. The molecular weight excluding hydrogens is 368 g/mol. The molecule has 0 saturated carbocycles. The molecule has 3 aromatic rings. The number of aromatic nitrogens is 3. The number of para-hydroxylation sites is 1. The van der Waals surface area contributed by atoms with Gasteiger partial charge in [-0.05, 0) is 18.1 Å². The van der Waals surface area contributed by atoms with E-state index in [0.29, 0.717) is 37.7 Å². The van der Waals surface area contributed by atoms with Crippen molar-refractivity contribution in [1.82, 2.24) is 24.8 Å². The van der Waals surface area contributed by atoms with E-state index in [1.54, 1.807) is 22.9 Å². The van der Waals surface area contributed by atoms with Crippen LogP contribution in [0, 0.1) is 0 Å². The lowest BCUT2D eigenvalue weighted by Gasteiger charge is -2.33. The van der Waals surface area contributed by atoms with E-state index in [9.17, 15) is 9.59 Å². The van der Waals surface area contributed by atoms with Crippen LogP contribution in [0.3, 0.4) is 0 Å². The average molecular weight is 392 g/mol. The number of rotatable bonds is 5. The number of benzene rings is 1. The van der Waals surface area contributed by atoms with Gasteiger partial charge in [-0.3, -0.25) is 9.59 Å². The number of fused-ring (bicyclic) bond motifs is 1. The van der Waals surface area contributed by atoms with Crippen LogP contribution in [0.2, 0.25) is 0 Å². The third-order valence-corrected chi connectivity index (χ3v) is 5.26. The van der Waals surface area contributed by atoms with Crippen LogP contribution in [0.25, 0.3) is 10.9 Å². The fourth-order valence-electron chi connectivity index (χ4n) is 3.58. The molecular formula is C21H24N6O2. The lowest BCUT2D eigenvalue weighted by atomic mass is 10.1. The molecule has 150 valence electrons. The van der Waals surface area contributed by atoms with Crippen LogP contribution in [0.15, 0.2) is 42.9 Å². The molecule has 0 bridgehead atoms. The molecule has 1 saturated heterocycles. The van der Waals surface area contributed by atoms with E-state index in [2.05, 4.69) is 32.4 Å². The molecule has 1 aromatic carbocycles. The number of H-pyrrole nitrogens is 1. The summed E-state index contributed by atoms with van der Waals surface area (Å²) in [5.74, 6) is 0.536. The molecule has 8 heteroatoms. The van der Waals surface area contributed by atoms with E-state index in [0.717, 1.165) is 18.5 Å². The summed E-state index contributed by atoms with van der Waals surface area (Å²) in [7, 11) is 0. The van der Waals surface area contributed by atoms with Crippen LogP contribution in [-0.4, -0.2) is 69.3 Å². The van der Waals surface area contributed by atoms with Gasteiger partial charge in [-0.25, -0.2) is 9.97 Å². The Morgan fingerprint density at radius 3 is 2.55 bits per heavy atom. The number of hydrogen-bond acceptors (Lipinski definition) is 5. The van der Waals surface area contributed by atoms with E-state index in [1.807, 2.05) is 18.3 Å². The van der Waals surface area contributed by atoms with Crippen molar-refractivity contribution in [3.63, 3.8) is 0 Å². The highest BCUT2D eigenvalue weighted by Gasteiger charge is 2.24. The van der Waals surface area contributed by atoms with Crippen LogP contribution in [0.5, 0.6) is 0 Å². The minimum Gasteiger partial charge on any atom is -0.368 e. The summed E-state index contributed by atoms with van der Waals surface area (Å²) in [6.07, 6.45) is 5.99. The molecule has 0 spiro atoms. The highest BCUT2D eigenvalue weighted by atomic mass is 16.2. The maximum absolute atomic E-state index is 12.6. The first-order chi connectivity index (χ1) is 14.1. The van der Waals surface area contributed by atoms with Crippen molar-refractivity contribution < 1.29 is 9.59 Å². The smallest absolute Gasteiger partial charge is 0.274 e. The van der Waals surface area contributed by atoms with Crippen LogP contribution in [0.4, 0.5) is 5.82 Å². The van der Waals surface area contributed by atoms with Gasteiger partial charge in [-0.2, -0.15) is 0 Å². The number of nitrogens with one attached hydrogen (secondary N) is 2. The van der Waals surface area contributed by atoms with Gasteiger partial charge in [0.2, 0.25) is 5.91 Å². The second kappa shape index (κ2) is 8.30. The van der Waals surface area contributed by atoms with Crippen molar-refractivity contribution in [2.24, 2.45) is 0 Å². The Hall–Kier alpha value is -3.42. The number of carbonyl (C=O) groups is 2. The summed E-state index contributed by atoms with van der Waals surface area (Å²) in [5, 5.41) is 4.48. The van der Waals surface area contributed by atoms with Crippen LogP contribution >= 0.6 is 0 Å². The Kier molecular flexibility index (Phi) is 5.41. The van der Waals surface area contributed by atoms with Gasteiger partial charge >= 0.3 is 0 Å². The molecule has 0 radical (unpaired) electrons. The zero-order valence-corrected chi connectivity index (χ0v) is 16.4. The van der Waals surface area contributed by atoms with Crippen molar-refractivity contribution in [1.29, 1.82) is 0 Å². The number of hydrogen-bond donors (Lipinski definition) is 2. The van der Waals surface area contributed by atoms with Crippen molar-refractivity contribution in [3.8, 4) is 0 Å². The van der Waals surface area contributed by atoms with Gasteiger partial charge in [-0.1, -0.05) is 18.2 Å². The summed E-state index contributed by atoms with van der Waals surface area (Å²) in [4.78, 5) is 39.3. The van der Waals surface area contributed by atoms with Gasteiger partial charge in [0.15, 0.2) is 0 Å². The molecule has 2 N–H and O–H groups in total. The second-order valence-corrected chi connectivity index (χ2v) is 7.12. The molecule has 0 aliphatic carbocycles. The molecule has 3 heterocycles. The van der Waals surface area contributed by atoms with Gasteiger partial charge in [0.25, 0.3) is 5.91 Å². The lowest BCUT2D eigenvalue weighted by molar-refractivity contribution is -0.130. The maximum atomic E-state index is 12.6. The van der Waals surface area contributed by atoms with Gasteiger partial charge in [0.1, 0.15) is 11.5 Å². The first-order valence-corrected chi connectivity index (χ1v) is 9.77. The zero-order chi connectivity index (χ0) is 20.2. The summed E-state index contributed by atoms with van der Waals surface area (Å²) in [6, 6.07) is 8.22. The van der Waals surface area contributed by atoms with E-state index in [-0.39, 0.29) is 11.8 Å². The summed E-state index contributed by atoms with van der Waals surface area (Å²) in [5.41, 5.74) is 2.70. The number of piperazine rings is 1. The standard InChI is InChI=1S/C21H24N6O2/c1-15(28)26-8-10-27(11-9-26)21(29)19-13-25-20(14-24-19)22-7-6-16-12-23-18-5-3-2-4-17(16)18/h2-5,12-14,23H,6-11H2,1H3,(H,22,25). The predicted octanol–water partition coefficient (Wildman–Crippen LogP) is 1.92. The van der Waals surface area contributed by atoms with Crippen LogP contribution in [0.1, 0.15) is 23.0 Å². The molecule has 2 aromatic heterocycles. The largest absolute Gasteiger partial charge is 0.368 e. The molecule has 2 amide bonds. The second-order valence-electron chi connectivity index (χ2n) is 7.12. The van der Waals surface area contributed by atoms with Gasteiger partial charge in [0, 0.05) is 56.7 Å². The number of nitrogens with zero attached hydrogens (tertiary/aromatic N) is 4. The van der Waals surface area contributed by atoms with Gasteiger partial charge in [-0.15, -0.1) is 0 Å². The highest BCUT2D eigenvalue weighted by molar-refractivity contribution is 5.92. The van der Waals surface area contributed by atoms with Crippen molar-refractivity contribution in [2.75, 3.05) is 38.0 Å². The molecule has 1 fully saturated rings. The Morgan fingerprint density at radius 1 is 1.07 bits per heavy atom. The normalized spacial score (nSPS) is 14.2. The minimum atomic E-state index is -0.147. The van der Waals surface area contributed by atoms with Crippen molar-refractivity contribution in [2.45, 2.75) is 13.3 Å². The highest BCUT2D eigenvalue weighted by Crippen LogP contribution is 2.18. The van der Waals surface area contributed by atoms with E-state index < -0.39 is 0 Å². The van der Waals surface area contributed by atoms with Gasteiger partial charge in [0.05, 0.1) is 12.4 Å². The monoisotopic (exact) mass is 392 g/mol. The van der Waals surface area contributed by atoms with Gasteiger partial charge < -0.3 is 20.1 Å². The topological polar surface area (TPSA) is 94.2 Å². The predicted molar refractivity (Wildman–Crippen MR) is 111 cm³/mol. The molecule has 1 aliphatic heterocycles. The molecule has 8 nitrogen and oxygen atoms in total. The number of carbonyl (C=O) groups excluding carboxylic acids is 2. The fraction of sp³-hybridized carbons (Fsp3) is 0.333. The first kappa shape index (κ1) is 18.9. The molecule has 0 unspecified atom stereocenters. The summed E-state index contributed by atoms with van der Waals surface area (Å²) < 4.78 is 0. The fourth-order valence-corrected chi connectivity index (χ4v) is 3.58. The lowest BCUT2D eigenvalue weighted by Crippen LogP contribution is -2.50. The van der Waals surface area contributed by atoms with Crippen LogP contribution in [-0.2, 0) is 11.2 Å². The third kappa shape index (κ3) is 4.21. The Balaban J connectivity index is 1.30. The molecule has 0 atom stereocenters. The maximum Gasteiger partial charge on any atom is 0.274 e. The van der Waals surface area contributed by atoms with E-state index in [1.165, 1.54) is 17.1 Å². The summed E-state index contributed by atoms with van der Waals surface area (Å²) in [6.45, 7) is 4.42. The van der Waals surface area contributed by atoms with E-state index in [4.69, 9.17) is 0 Å². The van der Waals surface area contributed by atoms with Crippen molar-refractivity contribution in [3.05, 3.63) is 54.1 Å². The Morgan fingerprint density at radius 2 is 1.83 bits per heavy atom. The summed E-state index contributed by atoms with van der Waals surface area (Å²) >= 11 is 0. The third-order valence-electron chi connectivity index (χ3n) is 5.26. The average Bonchev–Trinajstić information content (AvgIpc) is 3.17. The van der Waals surface area contributed by atoms with Crippen LogP contribution < -0.4 is 5.32 Å². The zero-order valence-electron chi connectivity index (χ0n) is 16.4. The molecule has 4 rings (SSSR count). The quantitative estimate of drug-likeness (QED) is 0.692. The van der Waals surface area contributed by atoms with Crippen molar-refractivity contribution >= 4 is 28.5 Å². The first-order valence-electron chi connectivity index (χ1n) is 9.77. The minimum absolute atomic E-state index is 0.0416. The SMILES string of the molecule is CC(=O)N1CCN(C(=O)c2cnc(NCCc3c[nH]c4ccccc34)cn2)CC1. The molecule has 29 heavy (non-hydrogen) atoms. The number of amides is 2. The number of aromatic amines is 1. The van der Waals surface area contributed by atoms with E-state index >= 15 is 0 Å². The Labute approximate surface area is 168 Å².